The second kappa shape index (κ2) is 5.79. The smallest absolute Gasteiger partial charge is 0.223 e. The van der Waals surface area contributed by atoms with Crippen LogP contribution in [0.4, 0.5) is 5.82 Å². The molecule has 20 heavy (non-hydrogen) atoms. The maximum atomic E-state index is 11.9. The molecule has 2 fully saturated rings. The molecule has 3 rings (SSSR count). The van der Waals surface area contributed by atoms with Gasteiger partial charge in [0.25, 0.3) is 0 Å². The minimum atomic E-state index is 0.175. The first-order chi connectivity index (χ1) is 9.75. The van der Waals surface area contributed by atoms with Crippen LogP contribution in [0.1, 0.15) is 18.9 Å². The van der Waals surface area contributed by atoms with Crippen LogP contribution < -0.4 is 10.2 Å². The highest BCUT2D eigenvalue weighted by Crippen LogP contribution is 2.37. The quantitative estimate of drug-likeness (QED) is 0.897. The Labute approximate surface area is 119 Å². The Kier molecular flexibility index (Phi) is 3.87. The van der Waals surface area contributed by atoms with Crippen molar-refractivity contribution in [2.45, 2.75) is 19.9 Å². The van der Waals surface area contributed by atoms with Crippen molar-refractivity contribution in [1.82, 2.24) is 10.3 Å². The van der Waals surface area contributed by atoms with Gasteiger partial charge in [-0.2, -0.15) is 0 Å². The normalized spacial score (nSPS) is 25.4. The van der Waals surface area contributed by atoms with E-state index in [0.29, 0.717) is 12.5 Å². The molecule has 2 aliphatic rings. The standard InChI is InChI=1S/C15H21N3O2/c1-11-9-13(11)15(19)17-10-12-3-2-4-16-14(12)18-5-7-20-8-6-18/h2-4,11,13H,5-10H2,1H3,(H,17,19). The summed E-state index contributed by atoms with van der Waals surface area (Å²) in [5.41, 5.74) is 1.08. The van der Waals surface area contributed by atoms with Gasteiger partial charge in [0.1, 0.15) is 5.82 Å². The molecule has 1 amide bonds. The highest BCUT2D eigenvalue weighted by molar-refractivity contribution is 5.81. The molecule has 0 aromatic carbocycles. The van der Waals surface area contributed by atoms with E-state index in [4.69, 9.17) is 4.74 Å². The second-order valence-corrected chi connectivity index (χ2v) is 5.62. The van der Waals surface area contributed by atoms with Crippen LogP contribution >= 0.6 is 0 Å². The summed E-state index contributed by atoms with van der Waals surface area (Å²) in [7, 11) is 0. The number of carbonyl (C=O) groups excluding carboxylic acids is 1. The molecule has 1 saturated carbocycles. The van der Waals surface area contributed by atoms with Gasteiger partial charge in [-0.1, -0.05) is 13.0 Å². The number of hydrogen-bond donors (Lipinski definition) is 1. The number of ether oxygens (including phenoxy) is 1. The molecule has 2 atom stereocenters. The van der Waals surface area contributed by atoms with Crippen molar-refractivity contribution in [2.75, 3.05) is 31.2 Å². The molecule has 2 heterocycles. The molecule has 108 valence electrons. The molecule has 5 nitrogen and oxygen atoms in total. The zero-order chi connectivity index (χ0) is 13.9. The van der Waals surface area contributed by atoms with E-state index in [-0.39, 0.29) is 11.8 Å². The maximum Gasteiger partial charge on any atom is 0.223 e. The van der Waals surface area contributed by atoms with Crippen molar-refractivity contribution < 1.29 is 9.53 Å². The van der Waals surface area contributed by atoms with Crippen LogP contribution in [0.3, 0.4) is 0 Å². The second-order valence-electron chi connectivity index (χ2n) is 5.62. The van der Waals surface area contributed by atoms with E-state index in [1.54, 1.807) is 6.20 Å². The minimum absolute atomic E-state index is 0.175. The average molecular weight is 275 g/mol. The monoisotopic (exact) mass is 275 g/mol. The molecule has 1 aliphatic carbocycles. The van der Waals surface area contributed by atoms with Gasteiger partial charge in [0.15, 0.2) is 0 Å². The van der Waals surface area contributed by atoms with E-state index in [1.165, 1.54) is 0 Å². The lowest BCUT2D eigenvalue weighted by molar-refractivity contribution is -0.122. The van der Waals surface area contributed by atoms with E-state index in [0.717, 1.165) is 44.1 Å². The third-order valence-electron chi connectivity index (χ3n) is 4.08. The molecule has 1 aromatic rings. The number of aromatic nitrogens is 1. The molecule has 0 spiro atoms. The summed E-state index contributed by atoms with van der Waals surface area (Å²) in [5.74, 6) is 1.91. The van der Waals surface area contributed by atoms with Gasteiger partial charge < -0.3 is 15.0 Å². The number of pyridine rings is 1. The lowest BCUT2D eigenvalue weighted by Crippen LogP contribution is -2.38. The Morgan fingerprint density at radius 2 is 2.25 bits per heavy atom. The third kappa shape index (κ3) is 2.93. The number of hydrogen-bond acceptors (Lipinski definition) is 4. The maximum absolute atomic E-state index is 11.9. The van der Waals surface area contributed by atoms with Crippen LogP contribution in [0.15, 0.2) is 18.3 Å². The zero-order valence-electron chi connectivity index (χ0n) is 11.8. The Morgan fingerprint density at radius 3 is 2.95 bits per heavy atom. The van der Waals surface area contributed by atoms with Crippen LogP contribution in [-0.2, 0) is 16.1 Å². The van der Waals surface area contributed by atoms with Gasteiger partial charge in [-0.05, 0) is 18.4 Å². The van der Waals surface area contributed by atoms with E-state index in [9.17, 15) is 4.79 Å². The molecule has 1 aromatic heterocycles. The minimum Gasteiger partial charge on any atom is -0.378 e. The highest BCUT2D eigenvalue weighted by atomic mass is 16.5. The number of nitrogens with zero attached hydrogens (tertiary/aromatic N) is 2. The lowest BCUT2D eigenvalue weighted by atomic mass is 10.2. The molecule has 1 aliphatic heterocycles. The molecule has 0 bridgehead atoms. The van der Waals surface area contributed by atoms with Crippen LogP contribution in [-0.4, -0.2) is 37.2 Å². The molecule has 0 radical (unpaired) electrons. The van der Waals surface area contributed by atoms with E-state index >= 15 is 0 Å². The lowest BCUT2D eigenvalue weighted by Gasteiger charge is -2.29. The number of rotatable bonds is 4. The molecule has 2 unspecified atom stereocenters. The summed E-state index contributed by atoms with van der Waals surface area (Å²) < 4.78 is 5.37. The predicted octanol–water partition coefficient (Wildman–Crippen LogP) is 1.19. The summed E-state index contributed by atoms with van der Waals surface area (Å²) >= 11 is 0. The van der Waals surface area contributed by atoms with Crippen molar-refractivity contribution >= 4 is 11.7 Å². The number of amides is 1. The van der Waals surface area contributed by atoms with Crippen molar-refractivity contribution in [1.29, 1.82) is 0 Å². The zero-order valence-corrected chi connectivity index (χ0v) is 11.8. The van der Waals surface area contributed by atoms with Gasteiger partial charge >= 0.3 is 0 Å². The predicted molar refractivity (Wildman–Crippen MR) is 76.4 cm³/mol. The fourth-order valence-corrected chi connectivity index (χ4v) is 2.63. The SMILES string of the molecule is CC1CC1C(=O)NCc1cccnc1N1CCOCC1. The van der Waals surface area contributed by atoms with E-state index in [1.807, 2.05) is 12.1 Å². The van der Waals surface area contributed by atoms with Gasteiger partial charge in [0, 0.05) is 37.3 Å². The fourth-order valence-electron chi connectivity index (χ4n) is 2.63. The molecular formula is C15H21N3O2. The summed E-state index contributed by atoms with van der Waals surface area (Å²) in [6.45, 7) is 5.87. The molecule has 1 saturated heterocycles. The van der Waals surface area contributed by atoms with E-state index in [2.05, 4.69) is 22.1 Å². The van der Waals surface area contributed by atoms with Crippen LogP contribution in [0.2, 0.25) is 0 Å². The molecular weight excluding hydrogens is 254 g/mol. The van der Waals surface area contributed by atoms with Crippen LogP contribution in [0.5, 0.6) is 0 Å². The average Bonchev–Trinajstić information content (AvgIpc) is 3.23. The van der Waals surface area contributed by atoms with Crippen molar-refractivity contribution in [3.05, 3.63) is 23.9 Å². The first-order valence-electron chi connectivity index (χ1n) is 7.30. The van der Waals surface area contributed by atoms with Crippen molar-refractivity contribution in [2.24, 2.45) is 11.8 Å². The molecule has 5 heteroatoms. The Balaban J connectivity index is 1.64. The summed E-state index contributed by atoms with van der Waals surface area (Å²) in [5, 5.41) is 3.03. The van der Waals surface area contributed by atoms with Gasteiger partial charge in [0.05, 0.1) is 13.2 Å². The largest absolute Gasteiger partial charge is 0.378 e. The molecule has 1 N–H and O–H groups in total. The Morgan fingerprint density at radius 1 is 1.50 bits per heavy atom. The summed E-state index contributed by atoms with van der Waals surface area (Å²) in [6.07, 6.45) is 2.83. The number of nitrogens with one attached hydrogen (secondary N) is 1. The van der Waals surface area contributed by atoms with Gasteiger partial charge in [-0.25, -0.2) is 4.98 Å². The Bertz CT molecular complexity index is 486. The van der Waals surface area contributed by atoms with Crippen LogP contribution in [0.25, 0.3) is 0 Å². The fraction of sp³-hybridized carbons (Fsp3) is 0.600. The number of morpholine rings is 1. The summed E-state index contributed by atoms with van der Waals surface area (Å²) in [4.78, 5) is 18.6. The van der Waals surface area contributed by atoms with Gasteiger partial charge in [-0.3, -0.25) is 4.79 Å². The summed E-state index contributed by atoms with van der Waals surface area (Å²) in [6, 6.07) is 3.96. The van der Waals surface area contributed by atoms with E-state index < -0.39 is 0 Å². The van der Waals surface area contributed by atoms with Crippen LogP contribution in [0, 0.1) is 11.8 Å². The van der Waals surface area contributed by atoms with Gasteiger partial charge in [-0.15, -0.1) is 0 Å². The van der Waals surface area contributed by atoms with Crippen molar-refractivity contribution in [3.8, 4) is 0 Å². The topological polar surface area (TPSA) is 54.5 Å². The van der Waals surface area contributed by atoms with Crippen molar-refractivity contribution in [3.63, 3.8) is 0 Å². The highest BCUT2D eigenvalue weighted by Gasteiger charge is 2.38. The first-order valence-corrected chi connectivity index (χ1v) is 7.30. The Hall–Kier alpha value is -1.62. The third-order valence-corrected chi connectivity index (χ3v) is 4.08. The van der Waals surface area contributed by atoms with Gasteiger partial charge in [0.2, 0.25) is 5.91 Å². The number of carbonyl (C=O) groups is 1. The number of anilines is 1. The first kappa shape index (κ1) is 13.4.